The van der Waals surface area contributed by atoms with Crippen LogP contribution in [0.5, 0.6) is 0 Å². The monoisotopic (exact) mass is 369 g/mol. The van der Waals surface area contributed by atoms with Gasteiger partial charge in [0.15, 0.2) is 0 Å². The summed E-state index contributed by atoms with van der Waals surface area (Å²) in [6.45, 7) is 3.62. The van der Waals surface area contributed by atoms with E-state index in [9.17, 15) is 4.79 Å². The summed E-state index contributed by atoms with van der Waals surface area (Å²) < 4.78 is 0. The highest BCUT2D eigenvalue weighted by Gasteiger charge is 2.29. The minimum atomic E-state index is 0.263. The zero-order chi connectivity index (χ0) is 18.8. The Morgan fingerprint density at radius 1 is 1.22 bits per heavy atom. The molecule has 3 aliphatic rings. The van der Waals surface area contributed by atoms with Gasteiger partial charge in [0.25, 0.3) is 0 Å². The molecule has 0 spiro atoms. The van der Waals surface area contributed by atoms with Gasteiger partial charge in [0.05, 0.1) is 12.2 Å². The number of aromatic nitrogens is 2. The van der Waals surface area contributed by atoms with E-state index in [-0.39, 0.29) is 5.91 Å². The van der Waals surface area contributed by atoms with E-state index in [4.69, 9.17) is 9.97 Å². The van der Waals surface area contributed by atoms with Crippen LogP contribution in [0, 0.1) is 5.92 Å². The molecule has 1 fully saturated rings. The van der Waals surface area contributed by atoms with E-state index in [2.05, 4.69) is 29.4 Å². The first-order valence-corrected chi connectivity index (χ1v) is 10.3. The van der Waals surface area contributed by atoms with Crippen molar-refractivity contribution < 1.29 is 4.79 Å². The Hall–Kier alpha value is -1.95. The minimum absolute atomic E-state index is 0.263. The molecular weight excluding hydrogens is 338 g/mol. The molecule has 0 saturated carbocycles. The number of amides is 1. The van der Waals surface area contributed by atoms with Gasteiger partial charge < -0.3 is 15.1 Å². The van der Waals surface area contributed by atoms with Crippen molar-refractivity contribution in [3.05, 3.63) is 29.2 Å². The molecule has 0 radical (unpaired) electrons. The molecule has 1 aromatic heterocycles. The van der Waals surface area contributed by atoms with Gasteiger partial charge in [-0.1, -0.05) is 12.2 Å². The topological polar surface area (TPSA) is 61.4 Å². The van der Waals surface area contributed by atoms with Crippen LogP contribution < -0.4 is 5.32 Å². The Bertz CT molecular complexity index is 706. The van der Waals surface area contributed by atoms with Gasteiger partial charge in [0, 0.05) is 37.9 Å². The number of hydrogen-bond acceptors (Lipinski definition) is 5. The number of fused-ring (bicyclic) bond motifs is 1. The predicted octanol–water partition coefficient (Wildman–Crippen LogP) is 2.57. The first-order chi connectivity index (χ1) is 13.1. The van der Waals surface area contributed by atoms with E-state index in [1.54, 1.807) is 0 Å². The van der Waals surface area contributed by atoms with Crippen LogP contribution in [0.2, 0.25) is 0 Å². The maximum atomic E-state index is 12.7. The molecule has 1 atom stereocenters. The lowest BCUT2D eigenvalue weighted by molar-refractivity contribution is -0.132. The van der Waals surface area contributed by atoms with Crippen LogP contribution in [0.1, 0.15) is 55.1 Å². The molecule has 2 aliphatic heterocycles. The summed E-state index contributed by atoms with van der Waals surface area (Å²) in [4.78, 5) is 26.9. The Balaban J connectivity index is 1.49. The molecule has 4 rings (SSSR count). The van der Waals surface area contributed by atoms with Crippen LogP contribution in [0.3, 0.4) is 0 Å². The molecule has 0 bridgehead atoms. The fraction of sp³-hybridized carbons (Fsp3) is 0.667. The first-order valence-electron chi connectivity index (χ1n) is 10.3. The minimum Gasteiger partial charge on any atom is -0.373 e. The molecule has 1 amide bonds. The third-order valence-electron chi connectivity index (χ3n) is 6.30. The fourth-order valence-electron chi connectivity index (χ4n) is 4.52. The van der Waals surface area contributed by atoms with E-state index >= 15 is 0 Å². The summed E-state index contributed by atoms with van der Waals surface area (Å²) >= 11 is 0. The Kier molecular flexibility index (Phi) is 5.43. The average Bonchev–Trinajstić information content (AvgIpc) is 3.20. The third-order valence-corrected chi connectivity index (χ3v) is 6.30. The van der Waals surface area contributed by atoms with Crippen molar-refractivity contribution in [2.24, 2.45) is 5.92 Å². The molecule has 3 heterocycles. The van der Waals surface area contributed by atoms with Crippen molar-refractivity contribution in [3.63, 3.8) is 0 Å². The molecule has 1 aromatic rings. The summed E-state index contributed by atoms with van der Waals surface area (Å²) in [5.74, 6) is 3.03. The zero-order valence-corrected chi connectivity index (χ0v) is 16.6. The second-order valence-corrected chi connectivity index (χ2v) is 8.22. The number of rotatable bonds is 4. The summed E-state index contributed by atoms with van der Waals surface area (Å²) in [5, 5.41) is 3.27. The molecular formula is C21H31N5O. The number of carbonyl (C=O) groups excluding carboxylic acids is 1. The number of likely N-dealkylation sites (tertiary alicyclic amines) is 1. The van der Waals surface area contributed by atoms with Crippen LogP contribution in [-0.4, -0.2) is 59.4 Å². The van der Waals surface area contributed by atoms with Crippen LogP contribution >= 0.6 is 0 Å². The number of nitrogens with zero attached hydrogens (tertiary/aromatic N) is 4. The summed E-state index contributed by atoms with van der Waals surface area (Å²) in [5.41, 5.74) is 2.24. The van der Waals surface area contributed by atoms with Crippen LogP contribution in [0.15, 0.2) is 12.2 Å². The van der Waals surface area contributed by atoms with Gasteiger partial charge in [-0.05, 0) is 51.7 Å². The second-order valence-electron chi connectivity index (χ2n) is 8.22. The van der Waals surface area contributed by atoms with Gasteiger partial charge in [-0.3, -0.25) is 4.79 Å². The third kappa shape index (κ3) is 4.00. The summed E-state index contributed by atoms with van der Waals surface area (Å²) in [7, 11) is 4.10. The zero-order valence-electron chi connectivity index (χ0n) is 16.6. The van der Waals surface area contributed by atoms with Crippen LogP contribution in [0.4, 0.5) is 5.82 Å². The van der Waals surface area contributed by atoms with E-state index in [0.717, 1.165) is 74.6 Å². The van der Waals surface area contributed by atoms with Gasteiger partial charge in [-0.25, -0.2) is 9.97 Å². The van der Waals surface area contributed by atoms with Crippen molar-refractivity contribution in [3.8, 4) is 0 Å². The van der Waals surface area contributed by atoms with E-state index in [0.29, 0.717) is 24.8 Å². The fourth-order valence-corrected chi connectivity index (χ4v) is 4.52. The van der Waals surface area contributed by atoms with Crippen LogP contribution in [0.25, 0.3) is 0 Å². The lowest BCUT2D eigenvalue weighted by atomic mass is 9.95. The van der Waals surface area contributed by atoms with Gasteiger partial charge >= 0.3 is 0 Å². The quantitative estimate of drug-likeness (QED) is 0.827. The van der Waals surface area contributed by atoms with Crippen molar-refractivity contribution in [1.29, 1.82) is 0 Å². The van der Waals surface area contributed by atoms with Gasteiger partial charge in [0.2, 0.25) is 5.91 Å². The Labute approximate surface area is 162 Å². The highest BCUT2D eigenvalue weighted by atomic mass is 16.2. The molecule has 146 valence electrons. The lowest BCUT2D eigenvalue weighted by Crippen LogP contribution is -2.38. The normalized spacial score (nSPS) is 23.5. The Morgan fingerprint density at radius 3 is 2.74 bits per heavy atom. The van der Waals surface area contributed by atoms with Crippen LogP contribution in [-0.2, 0) is 17.8 Å². The molecule has 0 aromatic carbocycles. The Morgan fingerprint density at radius 2 is 2.04 bits per heavy atom. The van der Waals surface area contributed by atoms with Gasteiger partial charge in [-0.2, -0.15) is 0 Å². The van der Waals surface area contributed by atoms with E-state index < -0.39 is 0 Å². The number of piperidine rings is 1. The van der Waals surface area contributed by atoms with Crippen molar-refractivity contribution in [1.82, 2.24) is 19.8 Å². The SMILES string of the molecule is CNc1nc(C2CCN(C)CC2)nc2c1CN(C(=O)C[C@@H]1C=CCC1)CC2. The highest BCUT2D eigenvalue weighted by molar-refractivity contribution is 5.77. The molecule has 6 heteroatoms. The maximum Gasteiger partial charge on any atom is 0.223 e. The largest absolute Gasteiger partial charge is 0.373 e. The number of allylic oxidation sites excluding steroid dienone is 2. The first kappa shape index (κ1) is 18.4. The van der Waals surface area contributed by atoms with Crippen molar-refractivity contribution in [2.75, 3.05) is 39.0 Å². The molecule has 27 heavy (non-hydrogen) atoms. The van der Waals surface area contributed by atoms with Gasteiger partial charge in [-0.15, -0.1) is 0 Å². The highest BCUT2D eigenvalue weighted by Crippen LogP contribution is 2.31. The molecule has 1 saturated heterocycles. The van der Waals surface area contributed by atoms with Crippen molar-refractivity contribution >= 4 is 11.7 Å². The predicted molar refractivity (Wildman–Crippen MR) is 107 cm³/mol. The lowest BCUT2D eigenvalue weighted by Gasteiger charge is -2.32. The summed E-state index contributed by atoms with van der Waals surface area (Å²) in [6.07, 6.45) is 10.3. The number of carbonyl (C=O) groups is 1. The molecule has 6 nitrogen and oxygen atoms in total. The second kappa shape index (κ2) is 7.97. The molecule has 1 aliphatic carbocycles. The van der Waals surface area contributed by atoms with Crippen molar-refractivity contribution in [2.45, 2.75) is 51.0 Å². The van der Waals surface area contributed by atoms with Gasteiger partial charge in [0.1, 0.15) is 11.6 Å². The number of nitrogens with one attached hydrogen (secondary N) is 1. The average molecular weight is 370 g/mol. The standard InChI is InChI=1S/C21H31N5O/c1-22-21-17-14-26(19(27)13-15-5-3-4-6-15)12-9-18(17)23-20(24-21)16-7-10-25(2)11-8-16/h3,5,15-16H,4,6-14H2,1-2H3,(H,22,23,24)/t15-/m1/s1. The van der Waals surface area contributed by atoms with E-state index in [1.165, 1.54) is 0 Å². The summed E-state index contributed by atoms with van der Waals surface area (Å²) in [6, 6.07) is 0. The number of hydrogen-bond donors (Lipinski definition) is 1. The number of anilines is 1. The maximum absolute atomic E-state index is 12.7. The molecule has 0 unspecified atom stereocenters. The van der Waals surface area contributed by atoms with E-state index in [1.807, 2.05) is 11.9 Å². The smallest absolute Gasteiger partial charge is 0.223 e. The molecule has 1 N–H and O–H groups in total.